The molecule has 3 heterocycles. The fourth-order valence-electron chi connectivity index (χ4n) is 4.34. The van der Waals surface area contributed by atoms with Gasteiger partial charge >= 0.3 is 16.2 Å². The third kappa shape index (κ3) is 4.39. The summed E-state index contributed by atoms with van der Waals surface area (Å²) in [7, 11) is -4.55. The molecule has 2 aliphatic rings. The lowest BCUT2D eigenvalue weighted by molar-refractivity contribution is -0.161. The number of aromatic amines is 1. The summed E-state index contributed by atoms with van der Waals surface area (Å²) in [6, 6.07) is 5.34. The van der Waals surface area contributed by atoms with Gasteiger partial charge in [-0.05, 0) is 31.5 Å². The molecule has 2 aromatic rings. The Balaban J connectivity index is 1.55. The summed E-state index contributed by atoms with van der Waals surface area (Å²) in [5.74, 6) is -3.13. The van der Waals surface area contributed by atoms with Gasteiger partial charge in [0.25, 0.3) is 5.91 Å². The van der Waals surface area contributed by atoms with Gasteiger partial charge in [0, 0.05) is 17.1 Å². The summed E-state index contributed by atoms with van der Waals surface area (Å²) in [6.45, 7) is 3.45. The molecule has 3 atom stereocenters. The van der Waals surface area contributed by atoms with Crippen LogP contribution < -0.4 is 14.8 Å². The normalized spacial score (nSPS) is 22.8. The average Bonchev–Trinajstić information content (AvgIpc) is 3.37. The molecule has 14 heteroatoms. The van der Waals surface area contributed by atoms with Crippen LogP contribution in [0.25, 0.3) is 0 Å². The maximum absolute atomic E-state index is 12.9. The first-order valence-electron chi connectivity index (χ1n) is 10.4. The van der Waals surface area contributed by atoms with Crippen LogP contribution in [0.2, 0.25) is 0 Å². The minimum absolute atomic E-state index is 0.0484. The van der Waals surface area contributed by atoms with Crippen LogP contribution in [0, 0.1) is 0 Å². The smallest absolute Gasteiger partial charge is 0.327 e. The largest absolute Gasteiger partial charge is 0.480 e. The second-order valence-electron chi connectivity index (χ2n) is 8.66. The summed E-state index contributed by atoms with van der Waals surface area (Å²) in [5, 5.41) is 16.9. The minimum Gasteiger partial charge on any atom is -0.480 e. The van der Waals surface area contributed by atoms with Crippen LogP contribution in [-0.4, -0.2) is 69.3 Å². The van der Waals surface area contributed by atoms with Crippen molar-refractivity contribution in [3.8, 4) is 0 Å². The maximum atomic E-state index is 12.9. The summed E-state index contributed by atoms with van der Waals surface area (Å²) < 4.78 is 24.3. The van der Waals surface area contributed by atoms with E-state index >= 15 is 0 Å². The van der Waals surface area contributed by atoms with Crippen LogP contribution in [0.4, 0.5) is 5.69 Å². The molecule has 0 spiro atoms. The number of carboxylic acids is 1. The van der Waals surface area contributed by atoms with Crippen molar-refractivity contribution >= 4 is 51.3 Å². The first-order chi connectivity index (χ1) is 16.3. The summed E-state index contributed by atoms with van der Waals surface area (Å²) in [4.78, 5) is 54.0. The highest BCUT2D eigenvalue weighted by Crippen LogP contribution is 2.50. The molecular weight excluding hydrogens is 498 g/mol. The van der Waals surface area contributed by atoms with E-state index in [9.17, 15) is 32.7 Å². The monoisotopic (exact) mass is 521 g/mol. The van der Waals surface area contributed by atoms with E-state index < -0.39 is 56.1 Å². The van der Waals surface area contributed by atoms with E-state index in [1.807, 2.05) is 0 Å². The van der Waals surface area contributed by atoms with E-state index in [4.69, 9.17) is 5.14 Å². The predicted octanol–water partition coefficient (Wildman–Crippen LogP) is 0.0392. The predicted molar refractivity (Wildman–Crippen MR) is 127 cm³/mol. The van der Waals surface area contributed by atoms with Crippen molar-refractivity contribution < 1.29 is 32.7 Å². The molecular formula is C21H23N5O7S2. The molecule has 1 aromatic heterocycles. The number of carbonyl (C=O) groups excluding carboxylic acids is 3. The number of carbonyl (C=O) groups is 4. The molecule has 2 fully saturated rings. The molecule has 0 saturated carbocycles. The van der Waals surface area contributed by atoms with E-state index in [2.05, 4.69) is 10.3 Å². The van der Waals surface area contributed by atoms with Crippen LogP contribution in [0.1, 0.15) is 29.8 Å². The number of amides is 3. The van der Waals surface area contributed by atoms with Gasteiger partial charge in [-0.3, -0.25) is 14.4 Å². The van der Waals surface area contributed by atoms with Gasteiger partial charge in [-0.2, -0.15) is 12.7 Å². The first-order valence-corrected chi connectivity index (χ1v) is 12.8. The molecule has 35 heavy (non-hydrogen) atoms. The highest BCUT2D eigenvalue weighted by Gasteiger charge is 2.64. The number of aromatic nitrogens is 1. The fourth-order valence-corrected chi connectivity index (χ4v) is 6.75. The number of carboxylic acid groups (broad SMARTS) is 1. The zero-order chi connectivity index (χ0) is 25.7. The Morgan fingerprint density at radius 1 is 1.26 bits per heavy atom. The Morgan fingerprint density at radius 3 is 2.54 bits per heavy atom. The second kappa shape index (κ2) is 8.70. The van der Waals surface area contributed by atoms with Crippen molar-refractivity contribution in [2.24, 2.45) is 5.14 Å². The number of rotatable bonds is 7. The number of fused-ring (bicyclic) bond motifs is 1. The molecule has 2 aliphatic heterocycles. The van der Waals surface area contributed by atoms with Crippen LogP contribution in [0.3, 0.4) is 0 Å². The minimum atomic E-state index is -4.55. The molecule has 4 rings (SSSR count). The first kappa shape index (κ1) is 24.8. The topological polar surface area (TPSA) is 183 Å². The highest BCUT2D eigenvalue weighted by atomic mass is 32.2. The van der Waals surface area contributed by atoms with E-state index in [-0.39, 0.29) is 23.2 Å². The summed E-state index contributed by atoms with van der Waals surface area (Å²) in [5.41, 5.74) is 0.141. The van der Waals surface area contributed by atoms with E-state index in [1.54, 1.807) is 19.9 Å². The van der Waals surface area contributed by atoms with E-state index in [0.29, 0.717) is 4.31 Å². The number of anilines is 1. The molecule has 1 aromatic carbocycles. The lowest BCUT2D eigenvalue weighted by atomic mass is 9.96. The number of H-pyrrole nitrogens is 1. The zero-order valence-corrected chi connectivity index (χ0v) is 20.3. The molecule has 0 aliphatic carbocycles. The Kier molecular flexibility index (Phi) is 6.15. The number of nitrogens with one attached hydrogen (secondary N) is 2. The Bertz CT molecular complexity index is 1310. The molecule has 3 amide bonds. The lowest BCUT2D eigenvalue weighted by Gasteiger charge is -2.43. The number of hydrogen-bond acceptors (Lipinski definition) is 7. The number of aliphatic carboxylic acids is 1. The van der Waals surface area contributed by atoms with Gasteiger partial charge in [0.05, 0.1) is 17.7 Å². The van der Waals surface area contributed by atoms with E-state index in [1.165, 1.54) is 53.3 Å². The van der Waals surface area contributed by atoms with Crippen molar-refractivity contribution in [2.45, 2.75) is 42.5 Å². The van der Waals surface area contributed by atoms with Gasteiger partial charge in [-0.25, -0.2) is 9.93 Å². The fraction of sp³-hybridized carbons (Fsp3) is 0.333. The second-order valence-corrected chi connectivity index (χ2v) is 11.8. The third-order valence-corrected chi connectivity index (χ3v) is 8.28. The lowest BCUT2D eigenvalue weighted by Crippen LogP contribution is -2.70. The zero-order valence-electron chi connectivity index (χ0n) is 18.7. The summed E-state index contributed by atoms with van der Waals surface area (Å²) >= 11 is 1.29. The van der Waals surface area contributed by atoms with Crippen molar-refractivity contribution in [3.63, 3.8) is 0 Å². The standard InChI is InChI=1S/C21H23N5O7S2/c1-21(2)16(20(30)31)25-18(29)15(19(25)34-21)24-14(27)9-11-5-3-4-6-13(11)26(35(22,32)33)17(28)12-7-8-23-10-12/h3-8,10,15-16,19,23H,9H2,1-2H3,(H,24,27)(H,30,31)(H2,22,32,33)/t15?,16-,19+/m0/s1. The number of thioether (sulfide) groups is 1. The van der Waals surface area contributed by atoms with Gasteiger partial charge in [-0.15, -0.1) is 11.8 Å². The van der Waals surface area contributed by atoms with Crippen LogP contribution in [-0.2, 0) is 31.0 Å². The van der Waals surface area contributed by atoms with Gasteiger partial charge in [0.2, 0.25) is 11.8 Å². The Hall–Kier alpha value is -3.36. The number of nitrogens with zero attached hydrogens (tertiary/aromatic N) is 2. The molecule has 0 radical (unpaired) electrons. The maximum Gasteiger partial charge on any atom is 0.327 e. The molecule has 5 N–H and O–H groups in total. The third-order valence-electron chi connectivity index (χ3n) is 5.84. The van der Waals surface area contributed by atoms with Gasteiger partial charge < -0.3 is 20.3 Å². The molecule has 186 valence electrons. The van der Waals surface area contributed by atoms with Gasteiger partial charge in [0.1, 0.15) is 17.5 Å². The SMILES string of the molecule is CC1(C)S[C@@H]2C(NC(=O)Cc3ccccc3N(C(=O)c3cc[nH]c3)S(N)(=O)=O)C(=O)N2[C@H]1C(=O)O. The van der Waals surface area contributed by atoms with Crippen LogP contribution >= 0.6 is 11.8 Å². The number of nitrogens with two attached hydrogens (primary N) is 1. The Morgan fingerprint density at radius 2 is 1.94 bits per heavy atom. The average molecular weight is 522 g/mol. The van der Waals surface area contributed by atoms with Crippen LogP contribution in [0.5, 0.6) is 0 Å². The number of para-hydroxylation sites is 1. The van der Waals surface area contributed by atoms with Crippen molar-refractivity contribution in [2.75, 3.05) is 4.31 Å². The Labute approximate surface area is 205 Å². The van der Waals surface area contributed by atoms with Crippen molar-refractivity contribution in [3.05, 3.63) is 53.9 Å². The number of β-lactam (4-membered cyclic amide) rings is 1. The molecule has 12 nitrogen and oxygen atoms in total. The van der Waals surface area contributed by atoms with Crippen molar-refractivity contribution in [1.29, 1.82) is 0 Å². The molecule has 2 saturated heterocycles. The van der Waals surface area contributed by atoms with Crippen LogP contribution in [0.15, 0.2) is 42.7 Å². The van der Waals surface area contributed by atoms with E-state index in [0.717, 1.165) is 0 Å². The quantitative estimate of drug-likeness (QED) is 0.368. The number of hydrogen-bond donors (Lipinski definition) is 4. The van der Waals surface area contributed by atoms with Crippen molar-refractivity contribution in [1.82, 2.24) is 15.2 Å². The molecule has 0 bridgehead atoms. The molecule has 1 unspecified atom stereocenters. The summed E-state index contributed by atoms with van der Waals surface area (Å²) in [6.07, 6.45) is 2.41. The highest BCUT2D eigenvalue weighted by molar-refractivity contribution is 8.01. The van der Waals surface area contributed by atoms with Gasteiger partial charge in [-0.1, -0.05) is 18.2 Å². The van der Waals surface area contributed by atoms with Gasteiger partial charge in [0.15, 0.2) is 0 Å². The number of benzene rings is 1.